The number of nitrogens with zero attached hydrogens (tertiary/aromatic N) is 1. The molecule has 0 atom stereocenters. The molecule has 2 rings (SSSR count). The normalized spacial score (nSPS) is 22.5. The van der Waals surface area contributed by atoms with Gasteiger partial charge in [-0.25, -0.2) is 4.39 Å². The lowest BCUT2D eigenvalue weighted by atomic mass is 9.90. The Hall–Kier alpha value is -1.46. The van der Waals surface area contributed by atoms with Gasteiger partial charge in [-0.15, -0.1) is 0 Å². The van der Waals surface area contributed by atoms with E-state index in [1.165, 1.54) is 12.1 Å². The molecule has 0 aliphatic heterocycles. The average Bonchev–Trinajstić information content (AvgIpc) is 2.49. The summed E-state index contributed by atoms with van der Waals surface area (Å²) in [5, 5.41) is 3.31. The number of primary amides is 1. The van der Waals surface area contributed by atoms with Gasteiger partial charge in [0.2, 0.25) is 5.91 Å². The largest absolute Gasteiger partial charge is 0.366 e. The minimum atomic E-state index is -0.520. The molecule has 21 heavy (non-hydrogen) atoms. The van der Waals surface area contributed by atoms with Crippen molar-refractivity contribution >= 4 is 5.91 Å². The molecule has 1 aliphatic carbocycles. The Morgan fingerprint density at radius 1 is 1.38 bits per heavy atom. The van der Waals surface area contributed by atoms with Crippen LogP contribution in [0.15, 0.2) is 18.2 Å². The van der Waals surface area contributed by atoms with Gasteiger partial charge in [-0.3, -0.25) is 9.69 Å². The van der Waals surface area contributed by atoms with Crippen molar-refractivity contribution in [3.63, 3.8) is 0 Å². The van der Waals surface area contributed by atoms with Crippen LogP contribution in [0.2, 0.25) is 0 Å². The Kier molecular flexibility index (Phi) is 5.31. The summed E-state index contributed by atoms with van der Waals surface area (Å²) in [5.74, 6) is -0.802. The summed E-state index contributed by atoms with van der Waals surface area (Å²) in [6, 6.07) is 5.38. The summed E-state index contributed by atoms with van der Waals surface area (Å²) in [7, 11) is 4.01. The maximum atomic E-state index is 13.9. The Morgan fingerprint density at radius 2 is 2.05 bits per heavy atom. The first-order valence-electron chi connectivity index (χ1n) is 7.47. The summed E-state index contributed by atoms with van der Waals surface area (Å²) in [4.78, 5) is 13.4. The van der Waals surface area contributed by atoms with Gasteiger partial charge in [-0.05, 0) is 58.0 Å². The van der Waals surface area contributed by atoms with E-state index in [0.29, 0.717) is 29.8 Å². The van der Waals surface area contributed by atoms with Crippen LogP contribution in [0.5, 0.6) is 0 Å². The van der Waals surface area contributed by atoms with Crippen LogP contribution in [-0.4, -0.2) is 37.0 Å². The highest BCUT2D eigenvalue weighted by molar-refractivity contribution is 5.92. The van der Waals surface area contributed by atoms with Gasteiger partial charge in [0.05, 0.1) is 0 Å². The summed E-state index contributed by atoms with van der Waals surface area (Å²) in [6.45, 7) is 0.502. The molecule has 1 amide bonds. The number of carbonyl (C=O) groups is 1. The van der Waals surface area contributed by atoms with Crippen molar-refractivity contribution < 1.29 is 9.18 Å². The fourth-order valence-electron chi connectivity index (χ4n) is 3.05. The molecule has 0 unspecified atom stereocenters. The molecular formula is C16H24FN3O. The van der Waals surface area contributed by atoms with Gasteiger partial charge < -0.3 is 11.1 Å². The van der Waals surface area contributed by atoms with E-state index in [9.17, 15) is 9.18 Å². The third-order valence-electron chi connectivity index (χ3n) is 4.48. The van der Waals surface area contributed by atoms with Crippen molar-refractivity contribution in [2.24, 2.45) is 5.73 Å². The highest BCUT2D eigenvalue weighted by atomic mass is 19.1. The third kappa shape index (κ3) is 4.02. The molecule has 0 aromatic heterocycles. The molecule has 5 heteroatoms. The predicted octanol–water partition coefficient (Wildman–Crippen LogP) is 1.89. The number of carbonyl (C=O) groups excluding carboxylic acids is 1. The van der Waals surface area contributed by atoms with Gasteiger partial charge in [0.1, 0.15) is 5.82 Å². The van der Waals surface area contributed by atoms with Crippen LogP contribution in [0, 0.1) is 5.82 Å². The van der Waals surface area contributed by atoms with E-state index in [4.69, 9.17) is 5.73 Å². The molecule has 116 valence electrons. The number of benzene rings is 1. The second kappa shape index (κ2) is 7.00. The molecule has 1 fully saturated rings. The van der Waals surface area contributed by atoms with Crippen LogP contribution in [0.3, 0.4) is 0 Å². The van der Waals surface area contributed by atoms with Crippen molar-refractivity contribution in [3.05, 3.63) is 35.1 Å². The first-order chi connectivity index (χ1) is 10.0. The number of rotatable bonds is 5. The van der Waals surface area contributed by atoms with Crippen LogP contribution in [-0.2, 0) is 6.54 Å². The lowest BCUT2D eigenvalue weighted by molar-refractivity contribution is 0.1000. The van der Waals surface area contributed by atoms with Crippen LogP contribution in [0.25, 0.3) is 0 Å². The second-order valence-corrected chi connectivity index (χ2v) is 5.88. The van der Waals surface area contributed by atoms with Crippen LogP contribution in [0.1, 0.15) is 41.6 Å². The lowest BCUT2D eigenvalue weighted by Crippen LogP contribution is -2.39. The standard InChI is InChI=1S/C16H24FN3O/c1-19-13-4-6-14(7-5-13)20(2)10-12-9-11(16(18)21)3-8-15(12)17/h3,8-9,13-14,19H,4-7,10H2,1-2H3,(H2,18,21). The van der Waals surface area contributed by atoms with Crippen LogP contribution < -0.4 is 11.1 Å². The van der Waals surface area contributed by atoms with Crippen molar-refractivity contribution in [1.82, 2.24) is 10.2 Å². The first-order valence-corrected chi connectivity index (χ1v) is 7.47. The summed E-state index contributed by atoms with van der Waals surface area (Å²) < 4.78 is 13.9. The van der Waals surface area contributed by atoms with Gasteiger partial charge >= 0.3 is 0 Å². The van der Waals surface area contributed by atoms with Gasteiger partial charge in [0.25, 0.3) is 0 Å². The zero-order chi connectivity index (χ0) is 15.4. The summed E-state index contributed by atoms with van der Waals surface area (Å²) in [5.41, 5.74) is 6.15. The van der Waals surface area contributed by atoms with Crippen LogP contribution >= 0.6 is 0 Å². The molecule has 0 radical (unpaired) electrons. The molecule has 0 bridgehead atoms. The monoisotopic (exact) mass is 293 g/mol. The fraction of sp³-hybridized carbons (Fsp3) is 0.562. The third-order valence-corrected chi connectivity index (χ3v) is 4.48. The Balaban J connectivity index is 2.01. The number of amides is 1. The molecule has 3 N–H and O–H groups in total. The molecule has 0 heterocycles. The van der Waals surface area contributed by atoms with E-state index >= 15 is 0 Å². The minimum Gasteiger partial charge on any atom is -0.366 e. The van der Waals surface area contributed by atoms with E-state index in [-0.39, 0.29) is 5.82 Å². The topological polar surface area (TPSA) is 58.4 Å². The van der Waals surface area contributed by atoms with Crippen molar-refractivity contribution in [1.29, 1.82) is 0 Å². The molecule has 0 saturated heterocycles. The number of halogens is 1. The van der Waals surface area contributed by atoms with Crippen molar-refractivity contribution in [3.8, 4) is 0 Å². The van der Waals surface area contributed by atoms with Gasteiger partial charge in [-0.2, -0.15) is 0 Å². The second-order valence-electron chi connectivity index (χ2n) is 5.88. The quantitative estimate of drug-likeness (QED) is 0.871. The smallest absolute Gasteiger partial charge is 0.248 e. The Labute approximate surface area is 125 Å². The Morgan fingerprint density at radius 3 is 2.62 bits per heavy atom. The highest BCUT2D eigenvalue weighted by Gasteiger charge is 2.23. The molecular weight excluding hydrogens is 269 g/mol. The highest BCUT2D eigenvalue weighted by Crippen LogP contribution is 2.24. The molecule has 0 spiro atoms. The zero-order valence-corrected chi connectivity index (χ0v) is 12.7. The molecule has 1 aliphatic rings. The number of nitrogens with one attached hydrogen (secondary N) is 1. The summed E-state index contributed by atoms with van der Waals surface area (Å²) in [6.07, 6.45) is 4.52. The predicted molar refractivity (Wildman–Crippen MR) is 81.5 cm³/mol. The van der Waals surface area contributed by atoms with Crippen LogP contribution in [0.4, 0.5) is 4.39 Å². The molecule has 4 nitrogen and oxygen atoms in total. The molecule has 1 aromatic carbocycles. The maximum absolute atomic E-state index is 13.9. The van der Waals surface area contributed by atoms with Gasteiger partial charge in [-0.1, -0.05) is 0 Å². The number of hydrogen-bond donors (Lipinski definition) is 2. The van der Waals surface area contributed by atoms with Gasteiger partial charge in [0, 0.05) is 29.8 Å². The van der Waals surface area contributed by atoms with E-state index in [0.717, 1.165) is 25.7 Å². The summed E-state index contributed by atoms with van der Waals surface area (Å²) >= 11 is 0. The molecule has 1 saturated carbocycles. The fourth-order valence-corrected chi connectivity index (χ4v) is 3.05. The number of hydrogen-bond acceptors (Lipinski definition) is 3. The zero-order valence-electron chi connectivity index (χ0n) is 12.7. The maximum Gasteiger partial charge on any atom is 0.248 e. The minimum absolute atomic E-state index is 0.282. The van der Waals surface area contributed by atoms with E-state index in [1.54, 1.807) is 6.07 Å². The van der Waals surface area contributed by atoms with Gasteiger partial charge in [0.15, 0.2) is 0 Å². The first kappa shape index (κ1) is 15.9. The average molecular weight is 293 g/mol. The van der Waals surface area contributed by atoms with E-state index in [2.05, 4.69) is 10.2 Å². The van der Waals surface area contributed by atoms with E-state index in [1.807, 2.05) is 14.1 Å². The Bertz CT molecular complexity index is 498. The lowest BCUT2D eigenvalue weighted by Gasteiger charge is -2.34. The van der Waals surface area contributed by atoms with Crippen molar-refractivity contribution in [2.45, 2.75) is 44.3 Å². The molecule has 1 aromatic rings. The van der Waals surface area contributed by atoms with Crippen molar-refractivity contribution in [2.75, 3.05) is 14.1 Å². The van der Waals surface area contributed by atoms with E-state index < -0.39 is 5.91 Å². The number of nitrogens with two attached hydrogens (primary N) is 1. The SMILES string of the molecule is CNC1CCC(N(C)Cc2cc(C(N)=O)ccc2F)CC1.